The van der Waals surface area contributed by atoms with Crippen LogP contribution in [-0.4, -0.2) is 21.7 Å². The van der Waals surface area contributed by atoms with Crippen molar-refractivity contribution in [2.75, 3.05) is 0 Å². The van der Waals surface area contributed by atoms with Gasteiger partial charge in [0.05, 0.1) is 22.6 Å². The molecule has 1 heterocycles. The van der Waals surface area contributed by atoms with Crippen molar-refractivity contribution < 1.29 is 4.79 Å². The summed E-state index contributed by atoms with van der Waals surface area (Å²) in [7, 11) is 0. The van der Waals surface area contributed by atoms with Gasteiger partial charge in [0, 0.05) is 6.04 Å². The van der Waals surface area contributed by atoms with E-state index in [2.05, 4.69) is 10.4 Å². The van der Waals surface area contributed by atoms with E-state index in [9.17, 15) is 4.79 Å². The van der Waals surface area contributed by atoms with Crippen molar-refractivity contribution in [3.63, 3.8) is 0 Å². The molecule has 1 aromatic heterocycles. The molecule has 0 radical (unpaired) electrons. The van der Waals surface area contributed by atoms with Gasteiger partial charge in [-0.3, -0.25) is 4.79 Å². The average Bonchev–Trinajstić information content (AvgIpc) is 2.75. The van der Waals surface area contributed by atoms with Crippen LogP contribution in [0.3, 0.4) is 0 Å². The zero-order valence-corrected chi connectivity index (χ0v) is 12.5. The van der Waals surface area contributed by atoms with E-state index in [4.69, 9.17) is 0 Å². The van der Waals surface area contributed by atoms with E-state index in [1.807, 2.05) is 62.7 Å². The predicted molar refractivity (Wildman–Crippen MR) is 80.3 cm³/mol. The standard InChI is InChI=1S/C16H21N3O/c1-5-14-15(16(20)17-11(2)3)12(4)18-19(14)13-9-7-6-8-10-13/h6-11H,5H2,1-4H3,(H,17,20). The number of carbonyl (C=O) groups is 1. The molecule has 0 saturated heterocycles. The van der Waals surface area contributed by atoms with Crippen molar-refractivity contribution in [3.05, 3.63) is 47.3 Å². The lowest BCUT2D eigenvalue weighted by molar-refractivity contribution is 0.0941. The maximum absolute atomic E-state index is 12.3. The van der Waals surface area contributed by atoms with Crippen LogP contribution in [0.5, 0.6) is 0 Å². The fourth-order valence-electron chi connectivity index (χ4n) is 2.31. The number of rotatable bonds is 4. The molecule has 0 unspecified atom stereocenters. The first-order chi connectivity index (χ1) is 9.54. The first kappa shape index (κ1) is 14.3. The minimum atomic E-state index is -0.0449. The van der Waals surface area contributed by atoms with Gasteiger partial charge in [0.25, 0.3) is 5.91 Å². The maximum Gasteiger partial charge on any atom is 0.255 e. The highest BCUT2D eigenvalue weighted by atomic mass is 16.1. The molecule has 1 amide bonds. The summed E-state index contributed by atoms with van der Waals surface area (Å²) < 4.78 is 1.87. The second-order valence-electron chi connectivity index (χ2n) is 5.14. The second kappa shape index (κ2) is 5.90. The normalized spacial score (nSPS) is 10.8. The molecule has 2 aromatic rings. The first-order valence-corrected chi connectivity index (χ1v) is 6.99. The minimum Gasteiger partial charge on any atom is -0.350 e. The molecule has 1 N–H and O–H groups in total. The third kappa shape index (κ3) is 2.74. The number of nitrogens with one attached hydrogen (secondary N) is 1. The Balaban J connectivity index is 2.50. The zero-order valence-electron chi connectivity index (χ0n) is 12.5. The van der Waals surface area contributed by atoms with Gasteiger partial charge in [-0.25, -0.2) is 4.68 Å². The van der Waals surface area contributed by atoms with Gasteiger partial charge < -0.3 is 5.32 Å². The molecule has 0 saturated carbocycles. The Labute approximate surface area is 119 Å². The Bertz CT molecular complexity index is 600. The van der Waals surface area contributed by atoms with E-state index >= 15 is 0 Å². The largest absolute Gasteiger partial charge is 0.350 e. The lowest BCUT2D eigenvalue weighted by Gasteiger charge is -2.10. The number of hydrogen-bond donors (Lipinski definition) is 1. The third-order valence-electron chi connectivity index (χ3n) is 3.14. The molecule has 0 atom stereocenters. The lowest BCUT2D eigenvalue weighted by atomic mass is 10.1. The van der Waals surface area contributed by atoms with Gasteiger partial charge in [-0.05, 0) is 39.3 Å². The van der Waals surface area contributed by atoms with Crippen LogP contribution in [0.15, 0.2) is 30.3 Å². The lowest BCUT2D eigenvalue weighted by Crippen LogP contribution is -2.31. The fourth-order valence-corrected chi connectivity index (χ4v) is 2.31. The van der Waals surface area contributed by atoms with E-state index in [1.165, 1.54) is 0 Å². The minimum absolute atomic E-state index is 0.0449. The fraction of sp³-hybridized carbons (Fsp3) is 0.375. The molecule has 0 aliphatic heterocycles. The number of nitrogens with zero attached hydrogens (tertiary/aromatic N) is 2. The molecule has 4 nitrogen and oxygen atoms in total. The van der Waals surface area contributed by atoms with Crippen molar-refractivity contribution in [2.24, 2.45) is 0 Å². The van der Waals surface area contributed by atoms with Crippen molar-refractivity contribution in [3.8, 4) is 5.69 Å². The highest BCUT2D eigenvalue weighted by Crippen LogP contribution is 2.19. The zero-order chi connectivity index (χ0) is 14.7. The summed E-state index contributed by atoms with van der Waals surface area (Å²) in [6.07, 6.45) is 0.760. The third-order valence-corrected chi connectivity index (χ3v) is 3.14. The molecule has 20 heavy (non-hydrogen) atoms. The SMILES string of the molecule is CCc1c(C(=O)NC(C)C)c(C)nn1-c1ccccc1. The Kier molecular flexibility index (Phi) is 4.23. The van der Waals surface area contributed by atoms with Gasteiger partial charge in [-0.1, -0.05) is 25.1 Å². The molecule has 0 spiro atoms. The van der Waals surface area contributed by atoms with E-state index in [1.54, 1.807) is 0 Å². The molecular formula is C16H21N3O. The summed E-state index contributed by atoms with van der Waals surface area (Å²) in [4.78, 5) is 12.3. The number of para-hydroxylation sites is 1. The summed E-state index contributed by atoms with van der Waals surface area (Å²) in [6, 6.07) is 10.0. The molecule has 106 valence electrons. The van der Waals surface area contributed by atoms with E-state index in [-0.39, 0.29) is 11.9 Å². The van der Waals surface area contributed by atoms with Crippen LogP contribution in [0, 0.1) is 6.92 Å². The van der Waals surface area contributed by atoms with Crippen molar-refractivity contribution in [1.29, 1.82) is 0 Å². The predicted octanol–water partition coefficient (Wildman–Crippen LogP) is 2.88. The Morgan fingerprint density at radius 2 is 1.95 bits per heavy atom. The number of benzene rings is 1. The van der Waals surface area contributed by atoms with Gasteiger partial charge in [0.2, 0.25) is 0 Å². The molecule has 0 bridgehead atoms. The van der Waals surface area contributed by atoms with Crippen LogP contribution in [-0.2, 0) is 6.42 Å². The van der Waals surface area contributed by atoms with E-state index in [0.717, 1.165) is 23.5 Å². The first-order valence-electron chi connectivity index (χ1n) is 6.99. The van der Waals surface area contributed by atoms with Crippen molar-refractivity contribution in [1.82, 2.24) is 15.1 Å². The summed E-state index contributed by atoms with van der Waals surface area (Å²) in [5.74, 6) is -0.0449. The quantitative estimate of drug-likeness (QED) is 0.929. The Morgan fingerprint density at radius 3 is 2.50 bits per heavy atom. The average molecular weight is 271 g/mol. The molecule has 0 aliphatic carbocycles. The Morgan fingerprint density at radius 1 is 1.30 bits per heavy atom. The molecule has 1 aromatic carbocycles. The van der Waals surface area contributed by atoms with E-state index < -0.39 is 0 Å². The molecule has 0 aliphatic rings. The molecule has 4 heteroatoms. The topological polar surface area (TPSA) is 46.9 Å². The van der Waals surface area contributed by atoms with Crippen molar-refractivity contribution in [2.45, 2.75) is 40.2 Å². The maximum atomic E-state index is 12.3. The van der Waals surface area contributed by atoms with Crippen molar-refractivity contribution >= 4 is 5.91 Å². The molecular weight excluding hydrogens is 250 g/mol. The van der Waals surface area contributed by atoms with Crippen LogP contribution in [0.1, 0.15) is 42.5 Å². The molecule has 0 fully saturated rings. The summed E-state index contributed by atoms with van der Waals surface area (Å²) in [5.41, 5.74) is 3.40. The van der Waals surface area contributed by atoms with Gasteiger partial charge >= 0.3 is 0 Å². The monoisotopic (exact) mass is 271 g/mol. The van der Waals surface area contributed by atoms with Crippen LogP contribution in [0.2, 0.25) is 0 Å². The number of amides is 1. The van der Waals surface area contributed by atoms with Crippen LogP contribution in [0.25, 0.3) is 5.69 Å². The van der Waals surface area contributed by atoms with Crippen LogP contribution < -0.4 is 5.32 Å². The highest BCUT2D eigenvalue weighted by Gasteiger charge is 2.21. The van der Waals surface area contributed by atoms with Gasteiger partial charge in [-0.2, -0.15) is 5.10 Å². The number of hydrogen-bond acceptors (Lipinski definition) is 2. The number of carbonyl (C=O) groups excluding carboxylic acids is 1. The summed E-state index contributed by atoms with van der Waals surface area (Å²) in [6.45, 7) is 7.84. The number of aromatic nitrogens is 2. The van der Waals surface area contributed by atoms with Crippen LogP contribution >= 0.6 is 0 Å². The summed E-state index contributed by atoms with van der Waals surface area (Å²) in [5, 5.41) is 7.48. The smallest absolute Gasteiger partial charge is 0.255 e. The van der Waals surface area contributed by atoms with Gasteiger partial charge in [-0.15, -0.1) is 0 Å². The van der Waals surface area contributed by atoms with Gasteiger partial charge in [0.1, 0.15) is 0 Å². The van der Waals surface area contributed by atoms with Gasteiger partial charge in [0.15, 0.2) is 0 Å². The Hall–Kier alpha value is -2.10. The summed E-state index contributed by atoms with van der Waals surface area (Å²) >= 11 is 0. The highest BCUT2D eigenvalue weighted by molar-refractivity contribution is 5.96. The van der Waals surface area contributed by atoms with E-state index in [0.29, 0.717) is 5.56 Å². The second-order valence-corrected chi connectivity index (χ2v) is 5.14. The molecule has 2 rings (SSSR count). The van der Waals surface area contributed by atoms with Crippen LogP contribution in [0.4, 0.5) is 0 Å². The number of aryl methyl sites for hydroxylation is 1.